The third kappa shape index (κ3) is 3.99. The van der Waals surface area contributed by atoms with Crippen molar-refractivity contribution in [2.45, 2.75) is 25.5 Å². The van der Waals surface area contributed by atoms with Crippen LogP contribution >= 0.6 is 0 Å². The summed E-state index contributed by atoms with van der Waals surface area (Å²) in [5.74, 6) is -0.631. The molecule has 1 aliphatic heterocycles. The fourth-order valence-electron chi connectivity index (χ4n) is 3.89. The largest absolute Gasteiger partial charge is 0.383 e. The van der Waals surface area contributed by atoms with Gasteiger partial charge in [0, 0.05) is 18.7 Å². The number of fused-ring (bicyclic) bond motifs is 1. The van der Waals surface area contributed by atoms with Gasteiger partial charge < -0.3 is 15.8 Å². The Morgan fingerprint density at radius 3 is 2.75 bits per heavy atom. The van der Waals surface area contributed by atoms with Crippen LogP contribution in [-0.2, 0) is 11.3 Å². The van der Waals surface area contributed by atoms with Crippen LogP contribution < -0.4 is 11.1 Å². The van der Waals surface area contributed by atoms with E-state index in [4.69, 9.17) is 10.5 Å². The van der Waals surface area contributed by atoms with Gasteiger partial charge in [-0.15, -0.1) is 5.10 Å². The van der Waals surface area contributed by atoms with E-state index in [1.54, 1.807) is 4.68 Å². The monoisotopic (exact) mass is 436 g/mol. The molecule has 2 aromatic heterocycles. The Morgan fingerprint density at radius 1 is 1.12 bits per heavy atom. The summed E-state index contributed by atoms with van der Waals surface area (Å²) >= 11 is 0. The minimum Gasteiger partial charge on any atom is -0.383 e. The molecule has 3 heterocycles. The van der Waals surface area contributed by atoms with Gasteiger partial charge in [-0.25, -0.2) is 18.4 Å². The van der Waals surface area contributed by atoms with E-state index < -0.39 is 11.6 Å². The van der Waals surface area contributed by atoms with Crippen LogP contribution in [0.15, 0.2) is 48.5 Å². The lowest BCUT2D eigenvalue weighted by Gasteiger charge is -2.12. The van der Waals surface area contributed by atoms with E-state index in [1.165, 1.54) is 0 Å². The van der Waals surface area contributed by atoms with Crippen molar-refractivity contribution < 1.29 is 13.5 Å². The van der Waals surface area contributed by atoms with Crippen molar-refractivity contribution in [2.24, 2.45) is 0 Å². The van der Waals surface area contributed by atoms with E-state index in [2.05, 4.69) is 20.4 Å². The number of ether oxygens (including phenoxy) is 1. The number of hydrogen-bond donors (Lipinski definition) is 2. The van der Waals surface area contributed by atoms with E-state index >= 15 is 0 Å². The van der Waals surface area contributed by atoms with Crippen LogP contribution in [0.5, 0.6) is 0 Å². The molecule has 1 saturated heterocycles. The molecule has 164 valence electrons. The van der Waals surface area contributed by atoms with Gasteiger partial charge >= 0.3 is 0 Å². The summed E-state index contributed by atoms with van der Waals surface area (Å²) in [6.07, 6.45) is 2.01. The molecule has 7 nitrogen and oxygen atoms in total. The molecule has 0 saturated carbocycles. The third-order valence-electron chi connectivity index (χ3n) is 5.51. The molecule has 5 rings (SSSR count). The fraction of sp³-hybridized carbons (Fsp3) is 0.261. The maximum Gasteiger partial charge on any atom is 0.225 e. The van der Waals surface area contributed by atoms with E-state index in [0.717, 1.165) is 43.2 Å². The summed E-state index contributed by atoms with van der Waals surface area (Å²) < 4.78 is 35.9. The molecule has 4 aromatic rings. The number of nitrogens with two attached hydrogens (primary N) is 1. The zero-order valence-corrected chi connectivity index (χ0v) is 17.3. The Balaban J connectivity index is 1.61. The first-order valence-electron chi connectivity index (χ1n) is 10.5. The van der Waals surface area contributed by atoms with E-state index in [0.29, 0.717) is 24.1 Å². The van der Waals surface area contributed by atoms with Crippen LogP contribution in [0.2, 0.25) is 0 Å². The predicted molar refractivity (Wildman–Crippen MR) is 118 cm³/mol. The first-order chi connectivity index (χ1) is 15.6. The summed E-state index contributed by atoms with van der Waals surface area (Å²) in [5, 5.41) is 8.07. The van der Waals surface area contributed by atoms with Crippen LogP contribution in [0.1, 0.15) is 18.4 Å². The van der Waals surface area contributed by atoms with E-state index in [1.807, 2.05) is 30.3 Å². The fourth-order valence-corrected chi connectivity index (χ4v) is 3.89. The topological polar surface area (TPSA) is 90.9 Å². The minimum absolute atomic E-state index is 0.00327. The SMILES string of the molecule is Nc1c2c(-c3cc(F)ccc3F)nc(NC[C@H]3CCCO3)nc2nn1Cc1ccccc1. The Labute approximate surface area is 183 Å². The van der Waals surface area contributed by atoms with Crippen molar-refractivity contribution in [3.63, 3.8) is 0 Å². The molecule has 3 N–H and O–H groups in total. The molecule has 2 aromatic carbocycles. The smallest absolute Gasteiger partial charge is 0.225 e. The van der Waals surface area contributed by atoms with Gasteiger partial charge in [0.1, 0.15) is 17.5 Å². The van der Waals surface area contributed by atoms with Gasteiger partial charge in [-0.3, -0.25) is 0 Å². The molecule has 1 atom stereocenters. The Kier molecular flexibility index (Phi) is 5.40. The molecule has 1 fully saturated rings. The number of nitrogens with zero attached hydrogens (tertiary/aromatic N) is 4. The van der Waals surface area contributed by atoms with Crippen molar-refractivity contribution in [3.8, 4) is 11.3 Å². The molecule has 0 aliphatic carbocycles. The van der Waals surface area contributed by atoms with Gasteiger partial charge in [0.25, 0.3) is 0 Å². The number of rotatable bonds is 6. The lowest BCUT2D eigenvalue weighted by molar-refractivity contribution is 0.120. The second kappa shape index (κ2) is 8.51. The second-order valence-electron chi connectivity index (χ2n) is 7.76. The maximum atomic E-state index is 14.7. The van der Waals surface area contributed by atoms with Crippen LogP contribution in [0.3, 0.4) is 0 Å². The van der Waals surface area contributed by atoms with E-state index in [9.17, 15) is 8.78 Å². The van der Waals surface area contributed by atoms with Gasteiger partial charge in [0.05, 0.1) is 23.7 Å². The lowest BCUT2D eigenvalue weighted by atomic mass is 10.1. The van der Waals surface area contributed by atoms with Crippen molar-refractivity contribution in [2.75, 3.05) is 24.2 Å². The number of halogens is 2. The Bertz CT molecular complexity index is 1250. The summed E-state index contributed by atoms with van der Waals surface area (Å²) in [5.41, 5.74) is 7.90. The van der Waals surface area contributed by atoms with Gasteiger partial charge in [0.15, 0.2) is 5.65 Å². The van der Waals surface area contributed by atoms with Gasteiger partial charge in [-0.2, -0.15) is 4.98 Å². The zero-order chi connectivity index (χ0) is 22.1. The van der Waals surface area contributed by atoms with Gasteiger partial charge in [-0.1, -0.05) is 30.3 Å². The molecule has 0 amide bonds. The second-order valence-corrected chi connectivity index (χ2v) is 7.76. The van der Waals surface area contributed by atoms with Crippen LogP contribution in [-0.4, -0.2) is 39.0 Å². The highest BCUT2D eigenvalue weighted by atomic mass is 19.1. The first kappa shape index (κ1) is 20.3. The highest BCUT2D eigenvalue weighted by Gasteiger charge is 2.22. The maximum absolute atomic E-state index is 14.7. The van der Waals surface area contributed by atoms with Crippen LogP contribution in [0.25, 0.3) is 22.3 Å². The summed E-state index contributed by atoms with van der Waals surface area (Å²) in [4.78, 5) is 8.99. The van der Waals surface area contributed by atoms with Crippen molar-refractivity contribution >= 4 is 22.8 Å². The zero-order valence-electron chi connectivity index (χ0n) is 17.3. The highest BCUT2D eigenvalue weighted by Crippen LogP contribution is 2.33. The first-order valence-corrected chi connectivity index (χ1v) is 10.5. The molecule has 0 bridgehead atoms. The van der Waals surface area contributed by atoms with Crippen LogP contribution in [0, 0.1) is 11.6 Å². The average Bonchev–Trinajstić information content (AvgIpc) is 3.43. The number of anilines is 2. The summed E-state index contributed by atoms with van der Waals surface area (Å²) in [6, 6.07) is 12.9. The van der Waals surface area contributed by atoms with Crippen LogP contribution in [0.4, 0.5) is 20.5 Å². The molecular formula is C23H22F2N6O. The molecular weight excluding hydrogens is 414 g/mol. The number of nitrogen functional groups attached to an aromatic ring is 1. The van der Waals surface area contributed by atoms with Gasteiger partial charge in [-0.05, 0) is 36.6 Å². The Morgan fingerprint density at radius 2 is 1.97 bits per heavy atom. The molecule has 0 unspecified atom stereocenters. The number of hydrogen-bond acceptors (Lipinski definition) is 6. The summed E-state index contributed by atoms with van der Waals surface area (Å²) in [7, 11) is 0. The number of aromatic nitrogens is 4. The normalized spacial score (nSPS) is 16.0. The van der Waals surface area contributed by atoms with Gasteiger partial charge in [0.2, 0.25) is 5.95 Å². The van der Waals surface area contributed by atoms with Crippen molar-refractivity contribution in [1.82, 2.24) is 19.7 Å². The number of benzene rings is 2. The predicted octanol–water partition coefficient (Wildman–Crippen LogP) is 3.99. The highest BCUT2D eigenvalue weighted by molar-refractivity contribution is 5.99. The quantitative estimate of drug-likeness (QED) is 0.475. The van der Waals surface area contributed by atoms with Crippen molar-refractivity contribution in [3.05, 3.63) is 65.7 Å². The van der Waals surface area contributed by atoms with E-state index in [-0.39, 0.29) is 29.1 Å². The Hall–Kier alpha value is -3.59. The molecule has 32 heavy (non-hydrogen) atoms. The molecule has 0 spiro atoms. The minimum atomic E-state index is -0.605. The standard InChI is InChI=1S/C23H22F2N6O/c24-15-8-9-18(25)17(11-15)20-19-21(26)31(13-14-5-2-1-3-6-14)30-22(19)29-23(28-20)27-12-16-7-4-10-32-16/h1-3,5-6,8-9,11,16H,4,7,10,12-13,26H2,(H,27,29,30)/t16-/m1/s1. The average molecular weight is 436 g/mol. The molecule has 9 heteroatoms. The third-order valence-corrected chi connectivity index (χ3v) is 5.51. The molecule has 1 aliphatic rings. The lowest BCUT2D eigenvalue weighted by Crippen LogP contribution is -2.19. The summed E-state index contributed by atoms with van der Waals surface area (Å²) in [6.45, 7) is 1.65. The molecule has 0 radical (unpaired) electrons. The van der Waals surface area contributed by atoms with Crippen molar-refractivity contribution in [1.29, 1.82) is 0 Å². The number of nitrogens with one attached hydrogen (secondary N) is 1.